The van der Waals surface area contributed by atoms with Crippen molar-refractivity contribution < 1.29 is 0 Å². The standard InChI is InChI=1S/C12H11Cl2N/c1-8-9(4-5-15-8)6-10-2-3-11(13)7-12(10)14/h2-5,7,15H,6H2,1H3. The molecular weight excluding hydrogens is 229 g/mol. The zero-order chi connectivity index (χ0) is 10.8. The number of hydrogen-bond donors (Lipinski definition) is 1. The Kier molecular flexibility index (Phi) is 3.03. The van der Waals surface area contributed by atoms with Gasteiger partial charge in [0, 0.05) is 28.4 Å². The summed E-state index contributed by atoms with van der Waals surface area (Å²) in [6.07, 6.45) is 2.78. The van der Waals surface area contributed by atoms with E-state index >= 15 is 0 Å². The molecule has 2 aromatic rings. The summed E-state index contributed by atoms with van der Waals surface area (Å²) in [7, 11) is 0. The molecule has 0 aliphatic heterocycles. The van der Waals surface area contributed by atoms with Crippen molar-refractivity contribution in [1.29, 1.82) is 0 Å². The molecule has 0 fully saturated rings. The molecule has 78 valence electrons. The van der Waals surface area contributed by atoms with Gasteiger partial charge in [0.2, 0.25) is 0 Å². The fourth-order valence-corrected chi connectivity index (χ4v) is 2.02. The van der Waals surface area contributed by atoms with Crippen molar-refractivity contribution in [3.8, 4) is 0 Å². The van der Waals surface area contributed by atoms with Gasteiger partial charge in [-0.05, 0) is 36.2 Å². The molecule has 3 heteroatoms. The maximum absolute atomic E-state index is 6.10. The van der Waals surface area contributed by atoms with Gasteiger partial charge in [-0.1, -0.05) is 29.3 Å². The smallest absolute Gasteiger partial charge is 0.0456 e. The van der Waals surface area contributed by atoms with E-state index in [0.717, 1.165) is 17.0 Å². The monoisotopic (exact) mass is 239 g/mol. The van der Waals surface area contributed by atoms with Gasteiger partial charge in [0.05, 0.1) is 0 Å². The topological polar surface area (TPSA) is 15.8 Å². The summed E-state index contributed by atoms with van der Waals surface area (Å²) in [4.78, 5) is 3.15. The van der Waals surface area contributed by atoms with Crippen LogP contribution >= 0.6 is 23.2 Å². The number of aromatic nitrogens is 1. The van der Waals surface area contributed by atoms with Crippen LogP contribution in [0.2, 0.25) is 10.0 Å². The highest BCUT2D eigenvalue weighted by atomic mass is 35.5. The first-order valence-electron chi connectivity index (χ1n) is 4.73. The van der Waals surface area contributed by atoms with Crippen LogP contribution in [0.25, 0.3) is 0 Å². The quantitative estimate of drug-likeness (QED) is 0.808. The van der Waals surface area contributed by atoms with E-state index < -0.39 is 0 Å². The zero-order valence-corrected chi connectivity index (χ0v) is 9.86. The second-order valence-corrected chi connectivity index (χ2v) is 4.38. The van der Waals surface area contributed by atoms with E-state index in [2.05, 4.69) is 18.0 Å². The van der Waals surface area contributed by atoms with Gasteiger partial charge in [0.15, 0.2) is 0 Å². The van der Waals surface area contributed by atoms with Gasteiger partial charge in [0.25, 0.3) is 0 Å². The van der Waals surface area contributed by atoms with E-state index in [4.69, 9.17) is 23.2 Å². The van der Waals surface area contributed by atoms with Gasteiger partial charge in [-0.3, -0.25) is 0 Å². The highest BCUT2D eigenvalue weighted by Crippen LogP contribution is 2.24. The highest BCUT2D eigenvalue weighted by Gasteiger charge is 2.05. The van der Waals surface area contributed by atoms with Crippen LogP contribution in [0.15, 0.2) is 30.5 Å². The molecule has 1 N–H and O–H groups in total. The summed E-state index contributed by atoms with van der Waals surface area (Å²) in [5.41, 5.74) is 3.55. The Morgan fingerprint density at radius 3 is 2.53 bits per heavy atom. The molecule has 0 amide bonds. The SMILES string of the molecule is Cc1[nH]ccc1Cc1ccc(Cl)cc1Cl. The first-order valence-corrected chi connectivity index (χ1v) is 5.49. The average Bonchev–Trinajstić information content (AvgIpc) is 2.57. The van der Waals surface area contributed by atoms with Gasteiger partial charge in [-0.15, -0.1) is 0 Å². The zero-order valence-electron chi connectivity index (χ0n) is 8.35. The number of halogens is 2. The van der Waals surface area contributed by atoms with Crippen molar-refractivity contribution in [2.45, 2.75) is 13.3 Å². The Morgan fingerprint density at radius 2 is 1.93 bits per heavy atom. The number of H-pyrrole nitrogens is 1. The summed E-state index contributed by atoms with van der Waals surface area (Å²) in [5.74, 6) is 0. The third-order valence-electron chi connectivity index (χ3n) is 2.46. The minimum absolute atomic E-state index is 0.676. The van der Waals surface area contributed by atoms with Crippen molar-refractivity contribution in [2.75, 3.05) is 0 Å². The maximum atomic E-state index is 6.10. The number of aromatic amines is 1. The van der Waals surface area contributed by atoms with E-state index in [9.17, 15) is 0 Å². The number of benzene rings is 1. The van der Waals surface area contributed by atoms with Crippen molar-refractivity contribution in [3.05, 3.63) is 57.3 Å². The lowest BCUT2D eigenvalue weighted by Gasteiger charge is -2.04. The second-order valence-electron chi connectivity index (χ2n) is 3.54. The van der Waals surface area contributed by atoms with Gasteiger partial charge in [-0.2, -0.15) is 0 Å². The molecule has 0 unspecified atom stereocenters. The molecule has 2 rings (SSSR count). The summed E-state index contributed by atoms with van der Waals surface area (Å²) in [6.45, 7) is 2.05. The second kappa shape index (κ2) is 4.30. The van der Waals surface area contributed by atoms with Crippen LogP contribution < -0.4 is 0 Å². The Morgan fingerprint density at radius 1 is 1.13 bits per heavy atom. The van der Waals surface area contributed by atoms with Crippen LogP contribution in [0, 0.1) is 6.92 Å². The Balaban J connectivity index is 2.29. The fraction of sp³-hybridized carbons (Fsp3) is 0.167. The van der Waals surface area contributed by atoms with Crippen LogP contribution in [0.3, 0.4) is 0 Å². The highest BCUT2D eigenvalue weighted by molar-refractivity contribution is 6.35. The van der Waals surface area contributed by atoms with Crippen molar-refractivity contribution in [2.24, 2.45) is 0 Å². The van der Waals surface area contributed by atoms with E-state index in [1.807, 2.05) is 18.3 Å². The Labute approximate surface area is 99.0 Å². The van der Waals surface area contributed by atoms with Crippen LogP contribution in [-0.2, 0) is 6.42 Å². The first-order chi connectivity index (χ1) is 7.16. The van der Waals surface area contributed by atoms with E-state index in [1.54, 1.807) is 6.07 Å². The largest absolute Gasteiger partial charge is 0.365 e. The third kappa shape index (κ3) is 2.36. The molecule has 0 aliphatic carbocycles. The lowest BCUT2D eigenvalue weighted by atomic mass is 10.1. The van der Waals surface area contributed by atoms with E-state index in [1.165, 1.54) is 11.3 Å². The molecule has 1 nitrogen and oxygen atoms in total. The molecule has 0 atom stereocenters. The predicted octanol–water partition coefficient (Wildman–Crippen LogP) is 4.22. The van der Waals surface area contributed by atoms with Gasteiger partial charge < -0.3 is 4.98 Å². The molecule has 0 bridgehead atoms. The molecular formula is C12H11Cl2N. The van der Waals surface area contributed by atoms with E-state index in [-0.39, 0.29) is 0 Å². The Hall–Kier alpha value is -0.920. The number of rotatable bonds is 2. The molecule has 1 heterocycles. The molecule has 0 saturated carbocycles. The molecule has 1 aromatic heterocycles. The number of aryl methyl sites for hydroxylation is 1. The Bertz CT molecular complexity index is 474. The predicted molar refractivity (Wildman–Crippen MR) is 64.8 cm³/mol. The third-order valence-corrected chi connectivity index (χ3v) is 3.05. The minimum atomic E-state index is 0.676. The van der Waals surface area contributed by atoms with Gasteiger partial charge >= 0.3 is 0 Å². The summed E-state index contributed by atoms with van der Waals surface area (Å²) in [6, 6.07) is 7.68. The van der Waals surface area contributed by atoms with Crippen LogP contribution in [-0.4, -0.2) is 4.98 Å². The fourth-order valence-electron chi connectivity index (χ4n) is 1.55. The molecule has 1 aromatic carbocycles. The van der Waals surface area contributed by atoms with Gasteiger partial charge in [-0.25, -0.2) is 0 Å². The van der Waals surface area contributed by atoms with Crippen molar-refractivity contribution >= 4 is 23.2 Å². The minimum Gasteiger partial charge on any atom is -0.365 e. The van der Waals surface area contributed by atoms with Crippen molar-refractivity contribution in [3.63, 3.8) is 0 Å². The molecule has 15 heavy (non-hydrogen) atoms. The number of hydrogen-bond acceptors (Lipinski definition) is 0. The van der Waals surface area contributed by atoms with Crippen LogP contribution in [0.5, 0.6) is 0 Å². The van der Waals surface area contributed by atoms with Crippen LogP contribution in [0.4, 0.5) is 0 Å². The molecule has 0 saturated heterocycles. The summed E-state index contributed by atoms with van der Waals surface area (Å²) >= 11 is 11.9. The molecule has 0 spiro atoms. The molecule has 0 radical (unpaired) electrons. The van der Waals surface area contributed by atoms with Gasteiger partial charge in [0.1, 0.15) is 0 Å². The number of nitrogens with one attached hydrogen (secondary N) is 1. The lowest BCUT2D eigenvalue weighted by Crippen LogP contribution is -1.90. The normalized spacial score (nSPS) is 10.6. The maximum Gasteiger partial charge on any atom is 0.0456 e. The lowest BCUT2D eigenvalue weighted by molar-refractivity contribution is 1.14. The first kappa shape index (κ1) is 10.6. The van der Waals surface area contributed by atoms with Crippen LogP contribution in [0.1, 0.15) is 16.8 Å². The van der Waals surface area contributed by atoms with Crippen molar-refractivity contribution in [1.82, 2.24) is 4.98 Å². The van der Waals surface area contributed by atoms with E-state index in [0.29, 0.717) is 5.02 Å². The summed E-state index contributed by atoms with van der Waals surface area (Å²) < 4.78 is 0. The molecule has 0 aliphatic rings. The summed E-state index contributed by atoms with van der Waals surface area (Å²) in [5, 5.41) is 1.40. The average molecular weight is 240 g/mol.